The van der Waals surface area contributed by atoms with Crippen molar-refractivity contribution < 1.29 is 9.53 Å². The summed E-state index contributed by atoms with van der Waals surface area (Å²) in [5.74, 6) is 0.874. The highest BCUT2D eigenvalue weighted by Gasteiger charge is 2.41. The van der Waals surface area contributed by atoms with E-state index in [2.05, 4.69) is 53.7 Å². The second-order valence-corrected chi connectivity index (χ2v) is 9.42. The van der Waals surface area contributed by atoms with Crippen LogP contribution in [-0.4, -0.2) is 13.0 Å². The molecule has 2 unspecified atom stereocenters. The summed E-state index contributed by atoms with van der Waals surface area (Å²) in [6.45, 7) is 8.56. The van der Waals surface area contributed by atoms with Crippen LogP contribution >= 0.6 is 15.9 Å². The Balaban J connectivity index is 1.92. The van der Waals surface area contributed by atoms with Gasteiger partial charge in [-0.15, -0.1) is 0 Å². The molecule has 0 aliphatic carbocycles. The molecule has 0 radical (unpaired) electrons. The average molecular weight is 514 g/mol. The van der Waals surface area contributed by atoms with E-state index in [9.17, 15) is 4.79 Å². The maximum absolute atomic E-state index is 12.8. The SMILES string of the molecule is C=C/C=C(\C=C/C)C(c1ccccc1)N(C=O)c1ccccc1C1(C)COc2ccc(Br)cc21. The summed E-state index contributed by atoms with van der Waals surface area (Å²) in [6.07, 6.45) is 8.67. The molecule has 4 heteroatoms. The Morgan fingerprint density at radius 1 is 1.09 bits per heavy atom. The van der Waals surface area contributed by atoms with Gasteiger partial charge < -0.3 is 9.64 Å². The summed E-state index contributed by atoms with van der Waals surface area (Å²) in [4.78, 5) is 14.6. The summed E-state index contributed by atoms with van der Waals surface area (Å²) >= 11 is 3.61. The maximum atomic E-state index is 12.8. The molecule has 3 aromatic carbocycles. The molecule has 0 saturated carbocycles. The Morgan fingerprint density at radius 2 is 1.82 bits per heavy atom. The molecule has 0 fully saturated rings. The van der Waals surface area contributed by atoms with E-state index in [1.54, 1.807) is 6.08 Å². The number of para-hydroxylation sites is 1. The molecular weight excluding hydrogens is 486 g/mol. The van der Waals surface area contributed by atoms with Crippen molar-refractivity contribution in [2.24, 2.45) is 0 Å². The molecule has 0 aromatic heterocycles. The number of fused-ring (bicyclic) bond motifs is 1. The number of benzene rings is 3. The van der Waals surface area contributed by atoms with Crippen molar-refractivity contribution in [3.63, 3.8) is 0 Å². The predicted molar refractivity (Wildman–Crippen MR) is 143 cm³/mol. The fourth-order valence-electron chi connectivity index (χ4n) is 4.72. The maximum Gasteiger partial charge on any atom is 0.214 e. The zero-order valence-corrected chi connectivity index (χ0v) is 21.0. The van der Waals surface area contributed by atoms with Gasteiger partial charge in [-0.1, -0.05) is 95.3 Å². The highest BCUT2D eigenvalue weighted by atomic mass is 79.9. The third-order valence-electron chi connectivity index (χ3n) is 6.32. The smallest absolute Gasteiger partial charge is 0.214 e. The van der Waals surface area contributed by atoms with E-state index in [-0.39, 0.29) is 6.04 Å². The van der Waals surface area contributed by atoms with Gasteiger partial charge in [-0.2, -0.15) is 0 Å². The second kappa shape index (κ2) is 10.3. The van der Waals surface area contributed by atoms with Crippen LogP contribution in [0.25, 0.3) is 0 Å². The first-order valence-corrected chi connectivity index (χ1v) is 12.1. The number of allylic oxidation sites excluding steroid dienone is 3. The fourth-order valence-corrected chi connectivity index (χ4v) is 5.08. The summed E-state index contributed by atoms with van der Waals surface area (Å²) in [5.41, 5.74) is 4.57. The number of nitrogens with zero attached hydrogens (tertiary/aromatic N) is 1. The molecule has 0 spiro atoms. The van der Waals surface area contributed by atoms with Gasteiger partial charge in [-0.3, -0.25) is 4.79 Å². The lowest BCUT2D eigenvalue weighted by Gasteiger charge is -2.35. The second-order valence-electron chi connectivity index (χ2n) is 8.51. The van der Waals surface area contributed by atoms with E-state index in [1.807, 2.05) is 78.6 Å². The van der Waals surface area contributed by atoms with Crippen molar-refractivity contribution in [1.29, 1.82) is 0 Å². The monoisotopic (exact) mass is 513 g/mol. The van der Waals surface area contributed by atoms with Crippen molar-refractivity contribution in [2.45, 2.75) is 25.3 Å². The first-order chi connectivity index (χ1) is 16.5. The third-order valence-corrected chi connectivity index (χ3v) is 6.81. The molecule has 1 amide bonds. The van der Waals surface area contributed by atoms with Gasteiger partial charge in [0.05, 0.1) is 11.5 Å². The molecule has 3 nitrogen and oxygen atoms in total. The van der Waals surface area contributed by atoms with Crippen LogP contribution in [-0.2, 0) is 10.2 Å². The molecule has 0 bridgehead atoms. The Kier molecular flexibility index (Phi) is 7.18. The van der Waals surface area contributed by atoms with Gasteiger partial charge in [-0.25, -0.2) is 0 Å². The van der Waals surface area contributed by atoms with Gasteiger partial charge in [0.1, 0.15) is 12.4 Å². The molecule has 34 heavy (non-hydrogen) atoms. The average Bonchev–Trinajstić information content (AvgIpc) is 3.20. The van der Waals surface area contributed by atoms with E-state index in [0.717, 1.165) is 44.6 Å². The number of hydrogen-bond donors (Lipinski definition) is 0. The summed E-state index contributed by atoms with van der Waals surface area (Å²) in [5, 5.41) is 0. The van der Waals surface area contributed by atoms with Gasteiger partial charge in [-0.05, 0) is 54.8 Å². The number of carbonyl (C=O) groups excluding carboxylic acids is 1. The number of ether oxygens (including phenoxy) is 1. The zero-order valence-electron chi connectivity index (χ0n) is 19.4. The largest absolute Gasteiger partial charge is 0.492 e. The van der Waals surface area contributed by atoms with Gasteiger partial charge in [0, 0.05) is 15.7 Å². The normalized spacial score (nSPS) is 18.3. The molecule has 4 rings (SSSR count). The molecular formula is C30H28BrNO2. The lowest BCUT2D eigenvalue weighted by molar-refractivity contribution is -0.107. The van der Waals surface area contributed by atoms with Crippen molar-refractivity contribution in [1.82, 2.24) is 0 Å². The van der Waals surface area contributed by atoms with E-state index >= 15 is 0 Å². The summed E-state index contributed by atoms with van der Waals surface area (Å²) in [7, 11) is 0. The number of hydrogen-bond acceptors (Lipinski definition) is 2. The fraction of sp³-hybridized carbons (Fsp3) is 0.167. The summed E-state index contributed by atoms with van der Waals surface area (Å²) < 4.78 is 7.10. The van der Waals surface area contributed by atoms with Crippen LogP contribution < -0.4 is 9.64 Å². The van der Waals surface area contributed by atoms with Crippen LogP contribution in [0.1, 0.15) is 36.6 Å². The first kappa shape index (κ1) is 23.8. The minimum Gasteiger partial charge on any atom is -0.492 e. The van der Waals surface area contributed by atoms with E-state index in [1.165, 1.54) is 0 Å². The molecule has 0 saturated heterocycles. The van der Waals surface area contributed by atoms with Crippen LogP contribution in [0.5, 0.6) is 5.75 Å². The van der Waals surface area contributed by atoms with Crippen LogP contribution in [0.4, 0.5) is 5.69 Å². The minimum atomic E-state index is -0.416. The number of rotatable bonds is 8. The molecule has 1 aliphatic heterocycles. The van der Waals surface area contributed by atoms with E-state index < -0.39 is 5.41 Å². The lowest BCUT2D eigenvalue weighted by Crippen LogP contribution is -2.33. The van der Waals surface area contributed by atoms with Crippen molar-refractivity contribution >= 4 is 28.0 Å². The van der Waals surface area contributed by atoms with Crippen LogP contribution in [0.3, 0.4) is 0 Å². The minimum absolute atomic E-state index is 0.318. The molecule has 3 aromatic rings. The van der Waals surface area contributed by atoms with Crippen molar-refractivity contribution in [2.75, 3.05) is 11.5 Å². The number of halogens is 1. The van der Waals surface area contributed by atoms with Gasteiger partial charge in [0.2, 0.25) is 6.41 Å². The van der Waals surface area contributed by atoms with Crippen molar-refractivity contribution in [3.05, 3.63) is 130 Å². The van der Waals surface area contributed by atoms with Crippen LogP contribution in [0, 0.1) is 0 Å². The van der Waals surface area contributed by atoms with Crippen LogP contribution in [0.15, 0.2) is 114 Å². The molecule has 2 atom stereocenters. The highest BCUT2D eigenvalue weighted by molar-refractivity contribution is 9.10. The molecule has 1 heterocycles. The van der Waals surface area contributed by atoms with Crippen LogP contribution in [0.2, 0.25) is 0 Å². The van der Waals surface area contributed by atoms with Crippen molar-refractivity contribution in [3.8, 4) is 5.75 Å². The van der Waals surface area contributed by atoms with E-state index in [0.29, 0.717) is 6.61 Å². The third kappa shape index (κ3) is 4.38. The predicted octanol–water partition coefficient (Wildman–Crippen LogP) is 7.54. The van der Waals surface area contributed by atoms with Gasteiger partial charge in [0.25, 0.3) is 0 Å². The molecule has 0 N–H and O–H groups in total. The number of carbonyl (C=O) groups is 1. The molecule has 172 valence electrons. The quantitative estimate of drug-likeness (QED) is 0.230. The Morgan fingerprint density at radius 3 is 2.53 bits per heavy atom. The topological polar surface area (TPSA) is 29.5 Å². The number of anilines is 1. The van der Waals surface area contributed by atoms with Gasteiger partial charge in [0.15, 0.2) is 0 Å². The first-order valence-electron chi connectivity index (χ1n) is 11.3. The molecule has 1 aliphatic rings. The number of amides is 1. The van der Waals surface area contributed by atoms with Gasteiger partial charge >= 0.3 is 0 Å². The Bertz CT molecular complexity index is 1250. The Labute approximate surface area is 210 Å². The zero-order chi connectivity index (χ0) is 24.1. The Hall–Kier alpha value is -3.37. The summed E-state index contributed by atoms with van der Waals surface area (Å²) in [6, 6.07) is 24.0. The highest BCUT2D eigenvalue weighted by Crippen LogP contribution is 2.48. The lowest BCUT2D eigenvalue weighted by atomic mass is 9.76. The van der Waals surface area contributed by atoms with E-state index in [4.69, 9.17) is 4.74 Å². The standard InChI is InChI=1S/C30H28BrNO2/c1-4-11-22(12-5-2)29(23-13-7-6-8-14-23)32(21-33)27-16-10-9-15-25(27)30(3)20-34-28-18-17-24(31)19-26(28)30/h4-19,21,29H,1,20H2,2-3H3/b12-5-,22-11+.